The fourth-order valence-corrected chi connectivity index (χ4v) is 0.408. The van der Waals surface area contributed by atoms with Gasteiger partial charge in [-0.15, -0.1) is 0 Å². The second kappa shape index (κ2) is 27.1. The van der Waals surface area contributed by atoms with Crippen molar-refractivity contribution in [3.05, 3.63) is 36.5 Å². The molecule has 0 bridgehead atoms. The maximum absolute atomic E-state index is 9.41. The molecule has 0 saturated carbocycles. The molecule has 0 N–H and O–H groups in total. The van der Waals surface area contributed by atoms with Crippen LogP contribution in [0.2, 0.25) is 0 Å². The SMILES string of the molecule is O=C([O-])/C=C\C(=O)[O-].O=C([O-])/C=C\C(=O)[O-].O=C([O-])/C=C\C(=O)[O-].[Na+].[Na+].[Zr+4]. The molecule has 0 aliphatic heterocycles. The standard InChI is InChI=1S/3C4H4O4.2Na.Zr/c3*5-3(6)1-2-4(7)8;;;/h3*1-2H,(H,5,6)(H,7,8);;;/q;;;2*+1;+4/p-6/b3*2-1-;;;. The second-order valence-electron chi connectivity index (χ2n) is 2.91. The van der Waals surface area contributed by atoms with Crippen LogP contribution in [-0.4, -0.2) is 35.8 Å². The summed E-state index contributed by atoms with van der Waals surface area (Å²) >= 11 is 0. The number of carbonyl (C=O) groups excluding carboxylic acids is 6. The molecule has 132 valence electrons. The van der Waals surface area contributed by atoms with Gasteiger partial charge >= 0.3 is 85.3 Å². The Hall–Kier alpha value is -1.08. The summed E-state index contributed by atoms with van der Waals surface area (Å²) in [5.74, 6) is -9.28. The van der Waals surface area contributed by atoms with Crippen molar-refractivity contribution >= 4 is 35.8 Å². The van der Waals surface area contributed by atoms with E-state index in [-0.39, 0.29) is 85.3 Å². The molecule has 0 fully saturated rings. The van der Waals surface area contributed by atoms with E-state index in [0.717, 1.165) is 0 Å². The minimum absolute atomic E-state index is 0. The van der Waals surface area contributed by atoms with Crippen LogP contribution in [0.3, 0.4) is 0 Å². The number of hydrogen-bond donors (Lipinski definition) is 0. The van der Waals surface area contributed by atoms with Crippen LogP contribution in [0.25, 0.3) is 0 Å². The van der Waals surface area contributed by atoms with E-state index in [0.29, 0.717) is 36.5 Å². The van der Waals surface area contributed by atoms with Gasteiger partial charge in [0.1, 0.15) is 0 Å². The third-order valence-corrected chi connectivity index (χ3v) is 1.07. The Labute approximate surface area is 215 Å². The molecule has 0 atom stereocenters. The van der Waals surface area contributed by atoms with Crippen molar-refractivity contribution in [2.45, 2.75) is 0 Å². The van der Waals surface area contributed by atoms with E-state index in [2.05, 4.69) is 0 Å². The normalized spacial score (nSPS) is 8.44. The molecule has 0 radical (unpaired) electrons. The molecule has 27 heavy (non-hydrogen) atoms. The molecular formula is C12H6Na2O12Zr. The smallest absolute Gasteiger partial charge is 0.545 e. The van der Waals surface area contributed by atoms with E-state index >= 15 is 0 Å². The van der Waals surface area contributed by atoms with Crippen molar-refractivity contribution in [2.75, 3.05) is 0 Å². The monoisotopic (exact) mass is 478 g/mol. The molecular weight excluding hydrogens is 473 g/mol. The predicted octanol–water partition coefficient (Wildman–Crippen LogP) is -14.9. The Morgan fingerprint density at radius 2 is 0.444 bits per heavy atom. The molecule has 0 spiro atoms. The van der Waals surface area contributed by atoms with Gasteiger partial charge in [0, 0.05) is 0 Å². The summed E-state index contributed by atoms with van der Waals surface area (Å²) in [5.41, 5.74) is 0. The third kappa shape index (κ3) is 67.6. The summed E-state index contributed by atoms with van der Waals surface area (Å²) in [6, 6.07) is 0. The van der Waals surface area contributed by atoms with Crippen LogP contribution in [0.15, 0.2) is 36.5 Å². The average molecular weight is 479 g/mol. The van der Waals surface area contributed by atoms with Gasteiger partial charge in [-0.25, -0.2) is 0 Å². The van der Waals surface area contributed by atoms with Crippen molar-refractivity contribution in [1.82, 2.24) is 0 Å². The fraction of sp³-hybridized carbons (Fsp3) is 0. The minimum atomic E-state index is -1.55. The van der Waals surface area contributed by atoms with Crippen LogP contribution in [-0.2, 0) is 55.0 Å². The summed E-state index contributed by atoms with van der Waals surface area (Å²) in [4.78, 5) is 56.5. The molecule has 0 aromatic heterocycles. The number of rotatable bonds is 6. The molecule has 0 amide bonds. The van der Waals surface area contributed by atoms with Gasteiger partial charge < -0.3 is 59.4 Å². The van der Waals surface area contributed by atoms with Crippen molar-refractivity contribution in [3.63, 3.8) is 0 Å². The van der Waals surface area contributed by atoms with Crippen molar-refractivity contribution in [2.24, 2.45) is 0 Å². The van der Waals surface area contributed by atoms with E-state index in [1.807, 2.05) is 0 Å². The number of aliphatic carboxylic acids is 6. The van der Waals surface area contributed by atoms with Gasteiger partial charge in [0.25, 0.3) is 0 Å². The number of hydrogen-bond acceptors (Lipinski definition) is 12. The van der Waals surface area contributed by atoms with E-state index in [9.17, 15) is 59.4 Å². The van der Waals surface area contributed by atoms with Crippen LogP contribution >= 0.6 is 0 Å². The Morgan fingerprint density at radius 1 is 0.370 bits per heavy atom. The number of carbonyl (C=O) groups is 6. The van der Waals surface area contributed by atoms with Crippen molar-refractivity contribution < 1.29 is 145 Å². The molecule has 0 aliphatic carbocycles. The average Bonchev–Trinajstić information content (AvgIpc) is 2.42. The zero-order chi connectivity index (χ0) is 19.7. The summed E-state index contributed by atoms with van der Waals surface area (Å²) in [6.45, 7) is 0. The summed E-state index contributed by atoms with van der Waals surface area (Å²) in [5, 5.41) is 56.5. The summed E-state index contributed by atoms with van der Waals surface area (Å²) in [7, 11) is 0. The Bertz CT molecular complexity index is 454. The van der Waals surface area contributed by atoms with Gasteiger partial charge in [-0.1, -0.05) is 0 Å². The van der Waals surface area contributed by atoms with E-state index in [4.69, 9.17) is 0 Å². The summed E-state index contributed by atoms with van der Waals surface area (Å²) in [6.07, 6.45) is 2.31. The Morgan fingerprint density at radius 3 is 0.481 bits per heavy atom. The predicted molar refractivity (Wildman–Crippen MR) is 57.5 cm³/mol. The first-order valence-electron chi connectivity index (χ1n) is 5.18. The largest absolute Gasteiger partial charge is 4.00 e. The zero-order valence-corrected chi connectivity index (χ0v) is 20.3. The maximum Gasteiger partial charge on any atom is 4.00 e. The third-order valence-electron chi connectivity index (χ3n) is 1.07. The minimum Gasteiger partial charge on any atom is -0.545 e. The molecule has 0 saturated heterocycles. The first-order chi connectivity index (χ1) is 10.9. The zero-order valence-electron chi connectivity index (χ0n) is 13.9. The molecule has 0 aromatic carbocycles. The van der Waals surface area contributed by atoms with Gasteiger partial charge in [0.15, 0.2) is 0 Å². The number of carboxylic acid groups (broad SMARTS) is 6. The molecule has 0 rings (SSSR count). The first-order valence-corrected chi connectivity index (χ1v) is 5.18. The first kappa shape index (κ1) is 40.6. The quantitative estimate of drug-likeness (QED) is 0.255. The van der Waals surface area contributed by atoms with Gasteiger partial charge in [0.2, 0.25) is 0 Å². The second-order valence-corrected chi connectivity index (χ2v) is 2.91. The van der Waals surface area contributed by atoms with E-state index in [1.54, 1.807) is 0 Å². The molecule has 15 heteroatoms. The van der Waals surface area contributed by atoms with Crippen molar-refractivity contribution in [3.8, 4) is 0 Å². The van der Waals surface area contributed by atoms with Crippen LogP contribution in [0.4, 0.5) is 0 Å². The van der Waals surface area contributed by atoms with E-state index in [1.165, 1.54) is 0 Å². The van der Waals surface area contributed by atoms with Gasteiger partial charge in [0.05, 0.1) is 35.8 Å². The van der Waals surface area contributed by atoms with Gasteiger partial charge in [-0.05, 0) is 36.5 Å². The van der Waals surface area contributed by atoms with Crippen LogP contribution in [0.1, 0.15) is 0 Å². The summed E-state index contributed by atoms with van der Waals surface area (Å²) < 4.78 is 0. The molecule has 0 heterocycles. The Balaban J connectivity index is -0.0000000580. The number of carboxylic acids is 6. The molecule has 0 aromatic rings. The van der Waals surface area contributed by atoms with E-state index < -0.39 is 35.8 Å². The topological polar surface area (TPSA) is 241 Å². The molecule has 0 unspecified atom stereocenters. The van der Waals surface area contributed by atoms with Gasteiger partial charge in [-0.2, -0.15) is 0 Å². The van der Waals surface area contributed by atoms with Crippen LogP contribution in [0, 0.1) is 0 Å². The van der Waals surface area contributed by atoms with Crippen LogP contribution < -0.4 is 89.8 Å². The molecule has 0 aliphatic rings. The van der Waals surface area contributed by atoms with Crippen LogP contribution in [0.5, 0.6) is 0 Å². The van der Waals surface area contributed by atoms with Gasteiger partial charge in [-0.3, -0.25) is 0 Å². The maximum atomic E-state index is 9.41. The molecule has 12 nitrogen and oxygen atoms in total. The Kier molecular flexibility index (Phi) is 40.8. The van der Waals surface area contributed by atoms with Crippen molar-refractivity contribution in [1.29, 1.82) is 0 Å². The fourth-order valence-electron chi connectivity index (χ4n) is 0.408.